The zero-order chi connectivity index (χ0) is 9.97. The number of thiophene rings is 1. The number of Topliss-reactive ketones (excluding diaryl/α,β-unsaturated/α-hetero) is 1. The number of hydrogen-bond donors (Lipinski definition) is 0. The second kappa shape index (κ2) is 4.09. The molecule has 2 heteroatoms. The molecule has 2 rings (SSSR count). The Morgan fingerprint density at radius 3 is 3.07 bits per heavy atom. The highest BCUT2D eigenvalue weighted by Gasteiger charge is 2.18. The molecular formula is C12H14OS. The van der Waals surface area contributed by atoms with E-state index in [1.807, 2.05) is 5.38 Å². The van der Waals surface area contributed by atoms with Gasteiger partial charge in [0.05, 0.1) is 4.88 Å². The number of ketones is 1. The van der Waals surface area contributed by atoms with E-state index in [2.05, 4.69) is 19.1 Å². The highest BCUT2D eigenvalue weighted by Crippen LogP contribution is 2.26. The molecule has 0 aliphatic heterocycles. The molecule has 0 atom stereocenters. The fourth-order valence-corrected chi connectivity index (χ4v) is 2.81. The summed E-state index contributed by atoms with van der Waals surface area (Å²) in [5.74, 6) is 0.273. The number of aryl methyl sites for hydroxylation is 1. The minimum absolute atomic E-state index is 0.273. The van der Waals surface area contributed by atoms with E-state index in [0.29, 0.717) is 0 Å². The molecule has 1 aliphatic rings. The average molecular weight is 206 g/mol. The van der Waals surface area contributed by atoms with Gasteiger partial charge in [-0.15, -0.1) is 11.3 Å². The summed E-state index contributed by atoms with van der Waals surface area (Å²) in [6.45, 7) is 2.10. The maximum atomic E-state index is 12.0. The Labute approximate surface area is 88.5 Å². The first-order valence-electron chi connectivity index (χ1n) is 5.13. The van der Waals surface area contributed by atoms with Crippen LogP contribution in [0.15, 0.2) is 23.1 Å². The van der Waals surface area contributed by atoms with Crippen LogP contribution in [0.3, 0.4) is 0 Å². The van der Waals surface area contributed by atoms with E-state index >= 15 is 0 Å². The molecule has 0 saturated carbocycles. The van der Waals surface area contributed by atoms with E-state index < -0.39 is 0 Å². The second-order valence-electron chi connectivity index (χ2n) is 3.58. The number of carbonyl (C=O) groups excluding carboxylic acids is 1. The Bertz CT molecular complexity index is 373. The summed E-state index contributed by atoms with van der Waals surface area (Å²) in [6, 6.07) is 2.06. The van der Waals surface area contributed by atoms with Gasteiger partial charge in [0.1, 0.15) is 0 Å². The first-order chi connectivity index (χ1) is 6.83. The molecule has 0 amide bonds. The van der Waals surface area contributed by atoms with Gasteiger partial charge in [0.25, 0.3) is 0 Å². The van der Waals surface area contributed by atoms with E-state index in [1.54, 1.807) is 11.3 Å². The van der Waals surface area contributed by atoms with E-state index in [1.165, 1.54) is 5.56 Å². The van der Waals surface area contributed by atoms with Crippen LogP contribution in [0.4, 0.5) is 0 Å². The van der Waals surface area contributed by atoms with Gasteiger partial charge in [-0.1, -0.05) is 13.0 Å². The molecule has 1 aliphatic carbocycles. The summed E-state index contributed by atoms with van der Waals surface area (Å²) in [5, 5.41) is 2.02. The highest BCUT2D eigenvalue weighted by molar-refractivity contribution is 7.12. The van der Waals surface area contributed by atoms with Crippen molar-refractivity contribution in [3.05, 3.63) is 33.5 Å². The molecule has 1 aromatic rings. The van der Waals surface area contributed by atoms with Crippen molar-refractivity contribution in [3.8, 4) is 0 Å². The topological polar surface area (TPSA) is 17.1 Å². The van der Waals surface area contributed by atoms with E-state index in [4.69, 9.17) is 0 Å². The van der Waals surface area contributed by atoms with Crippen molar-refractivity contribution in [3.63, 3.8) is 0 Å². The summed E-state index contributed by atoms with van der Waals surface area (Å²) in [6.07, 6.45) is 6.25. The van der Waals surface area contributed by atoms with Crippen LogP contribution >= 0.6 is 11.3 Å². The Morgan fingerprint density at radius 2 is 2.43 bits per heavy atom. The van der Waals surface area contributed by atoms with Gasteiger partial charge < -0.3 is 0 Å². The molecule has 0 bridgehead atoms. The van der Waals surface area contributed by atoms with E-state index in [9.17, 15) is 4.79 Å². The van der Waals surface area contributed by atoms with Crippen molar-refractivity contribution in [2.75, 3.05) is 0 Å². The predicted molar refractivity (Wildman–Crippen MR) is 60.0 cm³/mol. The van der Waals surface area contributed by atoms with Crippen LogP contribution in [-0.2, 0) is 6.42 Å². The molecule has 14 heavy (non-hydrogen) atoms. The van der Waals surface area contributed by atoms with Crippen molar-refractivity contribution < 1.29 is 4.79 Å². The molecule has 74 valence electrons. The van der Waals surface area contributed by atoms with Gasteiger partial charge in [0.2, 0.25) is 0 Å². The SMILES string of the molecule is CCc1ccsc1C(=O)C1=CCCC1. The third kappa shape index (κ3) is 1.67. The summed E-state index contributed by atoms with van der Waals surface area (Å²) in [5.41, 5.74) is 2.23. The van der Waals surface area contributed by atoms with Crippen LogP contribution in [0.5, 0.6) is 0 Å². The molecular weight excluding hydrogens is 192 g/mol. The van der Waals surface area contributed by atoms with Gasteiger partial charge in [0.15, 0.2) is 5.78 Å². The van der Waals surface area contributed by atoms with Gasteiger partial charge in [0, 0.05) is 0 Å². The summed E-state index contributed by atoms with van der Waals surface area (Å²) < 4.78 is 0. The van der Waals surface area contributed by atoms with Crippen molar-refractivity contribution in [2.45, 2.75) is 32.6 Å². The van der Waals surface area contributed by atoms with E-state index in [0.717, 1.165) is 36.1 Å². The van der Waals surface area contributed by atoms with E-state index in [-0.39, 0.29) is 5.78 Å². The Hall–Kier alpha value is -0.890. The summed E-state index contributed by atoms with van der Waals surface area (Å²) >= 11 is 1.58. The molecule has 0 unspecified atom stereocenters. The van der Waals surface area contributed by atoms with Crippen LogP contribution in [0, 0.1) is 0 Å². The lowest BCUT2D eigenvalue weighted by atomic mass is 10.1. The predicted octanol–water partition coefficient (Wildman–Crippen LogP) is 3.60. The number of carbonyl (C=O) groups is 1. The monoisotopic (exact) mass is 206 g/mol. The van der Waals surface area contributed by atoms with Crippen molar-refractivity contribution in [2.24, 2.45) is 0 Å². The third-order valence-electron chi connectivity index (χ3n) is 2.67. The normalized spacial score (nSPS) is 15.6. The van der Waals surface area contributed by atoms with Crippen molar-refractivity contribution in [1.82, 2.24) is 0 Å². The van der Waals surface area contributed by atoms with Crippen LogP contribution < -0.4 is 0 Å². The van der Waals surface area contributed by atoms with Gasteiger partial charge in [-0.3, -0.25) is 4.79 Å². The molecule has 1 heterocycles. The fourth-order valence-electron chi connectivity index (χ4n) is 1.84. The van der Waals surface area contributed by atoms with Crippen LogP contribution in [0.1, 0.15) is 41.4 Å². The first kappa shape index (κ1) is 9.66. The maximum Gasteiger partial charge on any atom is 0.198 e. The zero-order valence-corrected chi connectivity index (χ0v) is 9.19. The van der Waals surface area contributed by atoms with Gasteiger partial charge in [-0.2, -0.15) is 0 Å². The van der Waals surface area contributed by atoms with Crippen LogP contribution in [0.2, 0.25) is 0 Å². The quantitative estimate of drug-likeness (QED) is 0.690. The van der Waals surface area contributed by atoms with Crippen molar-refractivity contribution >= 4 is 17.1 Å². The lowest BCUT2D eigenvalue weighted by Crippen LogP contribution is -2.01. The van der Waals surface area contributed by atoms with Crippen LogP contribution in [-0.4, -0.2) is 5.78 Å². The summed E-state index contributed by atoms with van der Waals surface area (Å²) in [7, 11) is 0. The number of allylic oxidation sites excluding steroid dienone is 2. The molecule has 0 aromatic carbocycles. The Morgan fingerprint density at radius 1 is 1.57 bits per heavy atom. The highest BCUT2D eigenvalue weighted by atomic mass is 32.1. The average Bonchev–Trinajstić information content (AvgIpc) is 2.87. The lowest BCUT2D eigenvalue weighted by Gasteiger charge is -2.01. The minimum atomic E-state index is 0.273. The van der Waals surface area contributed by atoms with Gasteiger partial charge in [-0.05, 0) is 48.3 Å². The summed E-state index contributed by atoms with van der Waals surface area (Å²) in [4.78, 5) is 13.0. The molecule has 1 nitrogen and oxygen atoms in total. The zero-order valence-electron chi connectivity index (χ0n) is 8.38. The molecule has 1 aromatic heterocycles. The Balaban J connectivity index is 2.26. The second-order valence-corrected chi connectivity index (χ2v) is 4.50. The molecule has 0 radical (unpaired) electrons. The standard InChI is InChI=1S/C12H14OS/c1-2-9-7-8-14-12(9)11(13)10-5-3-4-6-10/h5,7-8H,2-4,6H2,1H3. The Kier molecular flexibility index (Phi) is 2.82. The molecule has 0 spiro atoms. The van der Waals surface area contributed by atoms with Gasteiger partial charge >= 0.3 is 0 Å². The number of rotatable bonds is 3. The fraction of sp³-hybridized carbons (Fsp3) is 0.417. The third-order valence-corrected chi connectivity index (χ3v) is 3.62. The van der Waals surface area contributed by atoms with Crippen LogP contribution in [0.25, 0.3) is 0 Å². The van der Waals surface area contributed by atoms with Gasteiger partial charge in [-0.25, -0.2) is 0 Å². The molecule has 0 fully saturated rings. The lowest BCUT2D eigenvalue weighted by molar-refractivity contribution is 0.103. The van der Waals surface area contributed by atoms with Crippen molar-refractivity contribution in [1.29, 1.82) is 0 Å². The smallest absolute Gasteiger partial charge is 0.198 e. The largest absolute Gasteiger partial charge is 0.288 e. The molecule has 0 N–H and O–H groups in total. The molecule has 0 saturated heterocycles. The minimum Gasteiger partial charge on any atom is -0.288 e. The first-order valence-corrected chi connectivity index (χ1v) is 6.01. The maximum absolute atomic E-state index is 12.0. The number of hydrogen-bond acceptors (Lipinski definition) is 2.